The fourth-order valence-electron chi connectivity index (χ4n) is 5.00. The summed E-state index contributed by atoms with van der Waals surface area (Å²) in [6, 6.07) is 4.27. The van der Waals surface area contributed by atoms with E-state index in [9.17, 15) is 4.79 Å². The second-order valence-electron chi connectivity index (χ2n) is 8.78. The minimum absolute atomic E-state index is 0.201. The molecule has 9 heteroatoms. The molecule has 5 rings (SSSR count). The van der Waals surface area contributed by atoms with Gasteiger partial charge in [0.15, 0.2) is 0 Å². The standard InChI is InChI=1S/C22H28N6O2S/c1-13-10-16(26-25-13)18-19-20(31-27-18)15(22(21(23)29)6-4-3-5-7-22)11-17(24-19)28-8-9-30-12-14(28)2/h10-11,14H,3-9,12H2,1-2H3,(H2,23,29)(H,25,26)/t14-/m1/s1. The predicted octanol–water partition coefficient (Wildman–Crippen LogP) is 3.30. The van der Waals surface area contributed by atoms with Crippen LogP contribution < -0.4 is 10.6 Å². The van der Waals surface area contributed by atoms with Gasteiger partial charge in [0.05, 0.1) is 40.8 Å². The van der Waals surface area contributed by atoms with E-state index in [1.54, 1.807) is 0 Å². The number of amides is 1. The van der Waals surface area contributed by atoms with Crippen LogP contribution in [0.3, 0.4) is 0 Å². The Morgan fingerprint density at radius 2 is 2.13 bits per heavy atom. The molecule has 31 heavy (non-hydrogen) atoms. The van der Waals surface area contributed by atoms with Crippen molar-refractivity contribution in [3.05, 3.63) is 23.4 Å². The second kappa shape index (κ2) is 7.87. The highest BCUT2D eigenvalue weighted by Gasteiger charge is 2.42. The highest BCUT2D eigenvalue weighted by Crippen LogP contribution is 2.45. The second-order valence-corrected chi connectivity index (χ2v) is 9.56. The molecule has 1 saturated carbocycles. The summed E-state index contributed by atoms with van der Waals surface area (Å²) in [5, 5.41) is 7.34. The molecule has 164 valence electrons. The monoisotopic (exact) mass is 440 g/mol. The van der Waals surface area contributed by atoms with Crippen LogP contribution in [0.1, 0.15) is 50.3 Å². The van der Waals surface area contributed by atoms with Crippen molar-refractivity contribution in [3.8, 4) is 11.4 Å². The molecule has 3 aromatic heterocycles. The first-order valence-corrected chi connectivity index (χ1v) is 11.7. The Hall–Kier alpha value is -2.52. The normalized spacial score (nSPS) is 21.5. The number of hydrogen-bond acceptors (Lipinski definition) is 7. The van der Waals surface area contributed by atoms with E-state index in [-0.39, 0.29) is 11.9 Å². The van der Waals surface area contributed by atoms with E-state index in [0.29, 0.717) is 13.2 Å². The SMILES string of the molecule is Cc1cc(-c2nsc3c(C4(C(N)=O)CCCCC4)cc(N4CCOC[C@H]4C)nc23)[nH]n1. The molecular formula is C22H28N6O2S. The fraction of sp³-hybridized carbons (Fsp3) is 0.545. The largest absolute Gasteiger partial charge is 0.377 e. The molecule has 1 aliphatic carbocycles. The van der Waals surface area contributed by atoms with Gasteiger partial charge in [-0.25, -0.2) is 4.98 Å². The van der Waals surface area contributed by atoms with E-state index >= 15 is 0 Å². The Balaban J connectivity index is 1.75. The fourth-order valence-corrected chi connectivity index (χ4v) is 5.95. The number of nitrogens with one attached hydrogen (secondary N) is 1. The Kier molecular flexibility index (Phi) is 5.18. The Labute approximate surface area is 185 Å². The summed E-state index contributed by atoms with van der Waals surface area (Å²) in [6.45, 7) is 6.16. The number of anilines is 1. The molecular weight excluding hydrogens is 412 g/mol. The molecule has 0 spiro atoms. The smallest absolute Gasteiger partial charge is 0.228 e. The summed E-state index contributed by atoms with van der Waals surface area (Å²) < 4.78 is 11.3. The molecule has 1 aliphatic heterocycles. The van der Waals surface area contributed by atoms with Gasteiger partial charge in [-0.05, 0) is 55.9 Å². The van der Waals surface area contributed by atoms with Gasteiger partial charge in [-0.15, -0.1) is 0 Å². The van der Waals surface area contributed by atoms with E-state index in [2.05, 4.69) is 28.1 Å². The lowest BCUT2D eigenvalue weighted by Crippen LogP contribution is -2.45. The third kappa shape index (κ3) is 3.40. The van der Waals surface area contributed by atoms with Gasteiger partial charge in [0, 0.05) is 6.54 Å². The van der Waals surface area contributed by atoms with Gasteiger partial charge in [-0.1, -0.05) is 19.3 Å². The van der Waals surface area contributed by atoms with Crippen LogP contribution in [0.4, 0.5) is 5.82 Å². The number of aromatic nitrogens is 4. The Bertz CT molecular complexity index is 1120. The summed E-state index contributed by atoms with van der Waals surface area (Å²) in [7, 11) is 0. The van der Waals surface area contributed by atoms with Gasteiger partial charge in [0.25, 0.3) is 0 Å². The van der Waals surface area contributed by atoms with Crippen LogP contribution in [-0.4, -0.2) is 51.3 Å². The molecule has 1 amide bonds. The van der Waals surface area contributed by atoms with Crippen LogP contribution in [0, 0.1) is 6.92 Å². The van der Waals surface area contributed by atoms with E-state index < -0.39 is 5.41 Å². The third-order valence-corrected chi connectivity index (χ3v) is 7.60. The van der Waals surface area contributed by atoms with Crippen molar-refractivity contribution in [2.45, 2.75) is 57.4 Å². The van der Waals surface area contributed by atoms with E-state index in [4.69, 9.17) is 19.8 Å². The van der Waals surface area contributed by atoms with Gasteiger partial charge in [-0.2, -0.15) is 9.47 Å². The van der Waals surface area contributed by atoms with Crippen molar-refractivity contribution in [1.82, 2.24) is 19.6 Å². The van der Waals surface area contributed by atoms with Crippen LogP contribution in [-0.2, 0) is 14.9 Å². The summed E-state index contributed by atoms with van der Waals surface area (Å²) >= 11 is 1.40. The van der Waals surface area contributed by atoms with Crippen molar-refractivity contribution >= 4 is 33.5 Å². The summed E-state index contributed by atoms with van der Waals surface area (Å²) in [4.78, 5) is 20.2. The van der Waals surface area contributed by atoms with Crippen LogP contribution in [0.2, 0.25) is 0 Å². The summed E-state index contributed by atoms with van der Waals surface area (Å²) in [6.07, 6.45) is 4.69. The number of pyridine rings is 1. The molecule has 0 radical (unpaired) electrons. The van der Waals surface area contributed by atoms with Gasteiger partial charge < -0.3 is 15.4 Å². The molecule has 1 saturated heterocycles. The predicted molar refractivity (Wildman–Crippen MR) is 121 cm³/mol. The van der Waals surface area contributed by atoms with E-state index in [0.717, 1.165) is 77.3 Å². The molecule has 2 aliphatic rings. The molecule has 0 bridgehead atoms. The number of morpholine rings is 1. The van der Waals surface area contributed by atoms with Crippen molar-refractivity contribution in [3.63, 3.8) is 0 Å². The first kappa shape index (κ1) is 20.4. The van der Waals surface area contributed by atoms with Gasteiger partial charge >= 0.3 is 0 Å². The highest BCUT2D eigenvalue weighted by atomic mass is 32.1. The number of fused-ring (bicyclic) bond motifs is 1. The average molecular weight is 441 g/mol. The molecule has 1 atom stereocenters. The van der Waals surface area contributed by atoms with E-state index in [1.807, 2.05) is 13.0 Å². The number of H-pyrrole nitrogens is 1. The van der Waals surface area contributed by atoms with Crippen molar-refractivity contribution in [2.24, 2.45) is 5.73 Å². The van der Waals surface area contributed by atoms with Gasteiger partial charge in [0.1, 0.15) is 17.0 Å². The average Bonchev–Trinajstić information content (AvgIpc) is 3.39. The molecule has 2 fully saturated rings. The summed E-state index contributed by atoms with van der Waals surface area (Å²) in [5.41, 5.74) is 9.72. The topological polar surface area (TPSA) is 110 Å². The number of primary amides is 1. The first-order valence-electron chi connectivity index (χ1n) is 11.0. The number of carbonyl (C=O) groups excluding carboxylic acids is 1. The number of aryl methyl sites for hydroxylation is 1. The molecule has 0 aromatic carbocycles. The Morgan fingerprint density at radius 3 is 2.81 bits per heavy atom. The Morgan fingerprint density at radius 1 is 1.32 bits per heavy atom. The van der Waals surface area contributed by atoms with Crippen molar-refractivity contribution in [1.29, 1.82) is 0 Å². The minimum Gasteiger partial charge on any atom is -0.377 e. The molecule has 4 heterocycles. The lowest BCUT2D eigenvalue weighted by atomic mass is 9.69. The van der Waals surface area contributed by atoms with Crippen molar-refractivity contribution < 1.29 is 9.53 Å². The highest BCUT2D eigenvalue weighted by molar-refractivity contribution is 7.13. The van der Waals surface area contributed by atoms with Gasteiger partial charge in [0.2, 0.25) is 5.91 Å². The minimum atomic E-state index is -0.669. The van der Waals surface area contributed by atoms with Gasteiger partial charge in [-0.3, -0.25) is 9.89 Å². The third-order valence-electron chi connectivity index (χ3n) is 6.73. The zero-order valence-corrected chi connectivity index (χ0v) is 18.8. The first-order chi connectivity index (χ1) is 15.0. The molecule has 3 aromatic rings. The number of rotatable bonds is 4. The maximum Gasteiger partial charge on any atom is 0.228 e. The molecule has 8 nitrogen and oxygen atoms in total. The number of hydrogen-bond donors (Lipinski definition) is 2. The van der Waals surface area contributed by atoms with Crippen LogP contribution >= 0.6 is 11.5 Å². The van der Waals surface area contributed by atoms with Crippen LogP contribution in [0.15, 0.2) is 12.1 Å². The van der Waals surface area contributed by atoms with Crippen LogP contribution in [0.5, 0.6) is 0 Å². The van der Waals surface area contributed by atoms with Crippen LogP contribution in [0.25, 0.3) is 21.6 Å². The number of aromatic amines is 1. The maximum atomic E-state index is 12.9. The number of ether oxygens (including phenoxy) is 1. The lowest BCUT2D eigenvalue weighted by molar-refractivity contribution is -0.124. The zero-order valence-electron chi connectivity index (χ0n) is 18.0. The maximum absolute atomic E-state index is 12.9. The summed E-state index contributed by atoms with van der Waals surface area (Å²) in [5.74, 6) is 0.621. The quantitative estimate of drug-likeness (QED) is 0.644. The lowest BCUT2D eigenvalue weighted by Gasteiger charge is -2.37. The number of nitrogens with zero attached hydrogens (tertiary/aromatic N) is 4. The van der Waals surface area contributed by atoms with E-state index in [1.165, 1.54) is 11.5 Å². The van der Waals surface area contributed by atoms with Crippen molar-refractivity contribution in [2.75, 3.05) is 24.7 Å². The molecule has 3 N–H and O–H groups in total. The number of nitrogens with two attached hydrogens (primary N) is 1. The molecule has 0 unspecified atom stereocenters. The zero-order chi connectivity index (χ0) is 21.6. The number of carbonyl (C=O) groups is 1.